The second kappa shape index (κ2) is 7.77. The number of anilines is 3. The summed E-state index contributed by atoms with van der Waals surface area (Å²) in [4.78, 5) is 10.3. The van der Waals surface area contributed by atoms with Crippen LogP contribution in [0.1, 0.15) is 5.56 Å². The summed E-state index contributed by atoms with van der Waals surface area (Å²) in [7, 11) is 2.03. The first kappa shape index (κ1) is 16.9. The molecule has 0 spiro atoms. The van der Waals surface area contributed by atoms with Gasteiger partial charge < -0.3 is 10.6 Å². The Hall–Kier alpha value is -2.92. The Kier molecular flexibility index (Phi) is 5.26. The van der Waals surface area contributed by atoms with Crippen LogP contribution in [0.4, 0.5) is 17.2 Å². The van der Waals surface area contributed by atoms with Crippen LogP contribution in [0, 0.1) is 6.92 Å². The SMILES string of the molecule is CN(c1ccsc1)c1ccc2ncnc(N)c2c1.Cc1ccccc1. The Bertz CT molecular complexity index is 937. The highest BCUT2D eigenvalue weighted by Crippen LogP contribution is 2.29. The molecule has 126 valence electrons. The van der Waals surface area contributed by atoms with Crippen molar-refractivity contribution in [1.82, 2.24) is 9.97 Å². The number of aromatic nitrogens is 2. The van der Waals surface area contributed by atoms with Crippen LogP contribution >= 0.6 is 11.3 Å². The molecule has 0 atom stereocenters. The van der Waals surface area contributed by atoms with E-state index < -0.39 is 0 Å². The molecule has 4 rings (SSSR count). The van der Waals surface area contributed by atoms with Crippen molar-refractivity contribution >= 4 is 39.4 Å². The Morgan fingerprint density at radius 3 is 2.40 bits per heavy atom. The van der Waals surface area contributed by atoms with Crippen LogP contribution < -0.4 is 10.6 Å². The minimum Gasteiger partial charge on any atom is -0.383 e. The van der Waals surface area contributed by atoms with Crippen LogP contribution in [-0.2, 0) is 0 Å². The Morgan fingerprint density at radius 2 is 1.76 bits per heavy atom. The smallest absolute Gasteiger partial charge is 0.134 e. The summed E-state index contributed by atoms with van der Waals surface area (Å²) in [6.45, 7) is 2.08. The molecule has 0 saturated carbocycles. The number of nitrogen functional groups attached to an aromatic ring is 1. The van der Waals surface area contributed by atoms with E-state index in [9.17, 15) is 0 Å². The van der Waals surface area contributed by atoms with Crippen molar-refractivity contribution in [3.05, 3.63) is 77.2 Å². The van der Waals surface area contributed by atoms with Gasteiger partial charge in [0.05, 0.1) is 11.2 Å². The van der Waals surface area contributed by atoms with Crippen molar-refractivity contribution in [2.45, 2.75) is 6.92 Å². The highest BCUT2D eigenvalue weighted by Gasteiger charge is 2.07. The molecular formula is C20H20N4S. The van der Waals surface area contributed by atoms with Crippen molar-refractivity contribution in [2.24, 2.45) is 0 Å². The van der Waals surface area contributed by atoms with Crippen LogP contribution in [0.25, 0.3) is 10.9 Å². The minimum absolute atomic E-state index is 0.514. The van der Waals surface area contributed by atoms with Gasteiger partial charge in [-0.15, -0.1) is 0 Å². The zero-order valence-corrected chi connectivity index (χ0v) is 15.1. The van der Waals surface area contributed by atoms with E-state index in [0.29, 0.717) is 5.82 Å². The molecule has 0 radical (unpaired) electrons. The summed E-state index contributed by atoms with van der Waals surface area (Å²) in [6, 6.07) is 18.4. The summed E-state index contributed by atoms with van der Waals surface area (Å²) in [6.07, 6.45) is 1.49. The van der Waals surface area contributed by atoms with Crippen LogP contribution in [0.2, 0.25) is 0 Å². The van der Waals surface area contributed by atoms with Gasteiger partial charge >= 0.3 is 0 Å². The number of aryl methyl sites for hydroxylation is 1. The van der Waals surface area contributed by atoms with E-state index in [1.54, 1.807) is 11.3 Å². The van der Waals surface area contributed by atoms with Crippen molar-refractivity contribution in [2.75, 3.05) is 17.7 Å². The van der Waals surface area contributed by atoms with Crippen LogP contribution in [0.3, 0.4) is 0 Å². The Labute approximate surface area is 151 Å². The third kappa shape index (κ3) is 4.14. The van der Waals surface area contributed by atoms with E-state index in [1.807, 2.05) is 43.4 Å². The standard InChI is InChI=1S/C13H12N4S.C7H8/c1-17(10-4-5-18-7-10)9-2-3-12-11(6-9)13(14)16-8-15-12;1-7-5-3-2-4-6-7/h2-8H,1H3,(H2,14,15,16);2-6H,1H3. The zero-order valence-electron chi connectivity index (χ0n) is 14.3. The maximum Gasteiger partial charge on any atom is 0.134 e. The molecule has 0 amide bonds. The summed E-state index contributed by atoms with van der Waals surface area (Å²) >= 11 is 1.68. The predicted octanol–water partition coefficient (Wildman–Crippen LogP) is 5.04. The molecule has 25 heavy (non-hydrogen) atoms. The lowest BCUT2D eigenvalue weighted by atomic mass is 10.2. The molecule has 0 saturated heterocycles. The predicted molar refractivity (Wildman–Crippen MR) is 108 cm³/mol. The summed E-state index contributed by atoms with van der Waals surface area (Å²) in [5.74, 6) is 0.514. The van der Waals surface area contributed by atoms with Gasteiger partial charge in [0.2, 0.25) is 0 Å². The third-order valence-corrected chi connectivity index (χ3v) is 4.54. The highest BCUT2D eigenvalue weighted by molar-refractivity contribution is 7.08. The third-order valence-electron chi connectivity index (χ3n) is 3.87. The Morgan fingerprint density at radius 1 is 0.960 bits per heavy atom. The van der Waals surface area contributed by atoms with Crippen molar-refractivity contribution in [1.29, 1.82) is 0 Å². The maximum absolute atomic E-state index is 5.88. The molecule has 5 heteroatoms. The monoisotopic (exact) mass is 348 g/mol. The fourth-order valence-corrected chi connectivity index (χ4v) is 3.08. The van der Waals surface area contributed by atoms with Crippen LogP contribution in [-0.4, -0.2) is 17.0 Å². The van der Waals surface area contributed by atoms with Crippen LogP contribution in [0.15, 0.2) is 71.7 Å². The lowest BCUT2D eigenvalue weighted by Gasteiger charge is -2.18. The maximum atomic E-state index is 5.88. The normalized spacial score (nSPS) is 10.2. The lowest BCUT2D eigenvalue weighted by molar-refractivity contribution is 1.21. The van der Waals surface area contributed by atoms with Crippen molar-refractivity contribution < 1.29 is 0 Å². The number of nitrogens with zero attached hydrogens (tertiary/aromatic N) is 3. The van der Waals surface area contributed by atoms with E-state index in [0.717, 1.165) is 22.3 Å². The fourth-order valence-electron chi connectivity index (χ4n) is 2.40. The van der Waals surface area contributed by atoms with E-state index in [4.69, 9.17) is 5.73 Å². The van der Waals surface area contributed by atoms with Gasteiger partial charge in [-0.25, -0.2) is 9.97 Å². The molecule has 4 nitrogen and oxygen atoms in total. The quantitative estimate of drug-likeness (QED) is 0.551. The van der Waals surface area contributed by atoms with E-state index >= 15 is 0 Å². The molecule has 0 unspecified atom stereocenters. The number of fused-ring (bicyclic) bond motifs is 1. The number of rotatable bonds is 2. The zero-order chi connectivity index (χ0) is 17.6. The molecule has 2 aromatic carbocycles. The second-order valence-corrected chi connectivity index (χ2v) is 6.44. The molecule has 2 N–H and O–H groups in total. The molecular weight excluding hydrogens is 328 g/mol. The summed E-state index contributed by atoms with van der Waals surface area (Å²) in [5.41, 5.74) is 10.3. The fraction of sp³-hybridized carbons (Fsp3) is 0.100. The number of hydrogen-bond donors (Lipinski definition) is 1. The van der Waals surface area contributed by atoms with Gasteiger partial charge in [-0.1, -0.05) is 35.9 Å². The largest absolute Gasteiger partial charge is 0.383 e. The summed E-state index contributed by atoms with van der Waals surface area (Å²) < 4.78 is 0. The number of benzene rings is 2. The van der Waals surface area contributed by atoms with Gasteiger partial charge in [-0.3, -0.25) is 0 Å². The average Bonchev–Trinajstić information content (AvgIpc) is 3.17. The van der Waals surface area contributed by atoms with Crippen molar-refractivity contribution in [3.8, 4) is 0 Å². The first-order valence-corrected chi connectivity index (χ1v) is 8.87. The Balaban J connectivity index is 0.000000219. The first-order valence-electron chi connectivity index (χ1n) is 7.93. The molecule has 0 bridgehead atoms. The molecule has 0 aliphatic rings. The van der Waals surface area contributed by atoms with Gasteiger partial charge in [-0.05, 0) is 36.6 Å². The van der Waals surface area contributed by atoms with E-state index in [-0.39, 0.29) is 0 Å². The molecule has 4 aromatic rings. The van der Waals surface area contributed by atoms with Gasteiger partial charge in [0.25, 0.3) is 0 Å². The first-order chi connectivity index (χ1) is 12.1. The van der Waals surface area contributed by atoms with E-state index in [2.05, 4.69) is 50.8 Å². The number of hydrogen-bond acceptors (Lipinski definition) is 5. The summed E-state index contributed by atoms with van der Waals surface area (Å²) in [5, 5.41) is 5.05. The van der Waals surface area contributed by atoms with Crippen LogP contribution in [0.5, 0.6) is 0 Å². The van der Waals surface area contributed by atoms with Gasteiger partial charge in [-0.2, -0.15) is 11.3 Å². The van der Waals surface area contributed by atoms with E-state index in [1.165, 1.54) is 11.9 Å². The number of nitrogens with two attached hydrogens (primary N) is 1. The van der Waals surface area contributed by atoms with Crippen molar-refractivity contribution in [3.63, 3.8) is 0 Å². The van der Waals surface area contributed by atoms with Gasteiger partial charge in [0, 0.05) is 23.5 Å². The second-order valence-electron chi connectivity index (χ2n) is 5.66. The topological polar surface area (TPSA) is 55.0 Å². The molecule has 2 heterocycles. The minimum atomic E-state index is 0.514. The lowest BCUT2D eigenvalue weighted by Crippen LogP contribution is -2.08. The average molecular weight is 348 g/mol. The molecule has 0 fully saturated rings. The highest BCUT2D eigenvalue weighted by atomic mass is 32.1. The molecule has 2 aromatic heterocycles. The molecule has 0 aliphatic heterocycles. The van der Waals surface area contributed by atoms with Gasteiger partial charge in [0.15, 0.2) is 0 Å². The number of thiophene rings is 1. The van der Waals surface area contributed by atoms with Gasteiger partial charge in [0.1, 0.15) is 12.1 Å². The molecule has 0 aliphatic carbocycles.